The fourth-order valence-corrected chi connectivity index (χ4v) is 1.28. The Hall–Kier alpha value is -1.14. The van der Waals surface area contributed by atoms with Gasteiger partial charge in [-0.15, -0.1) is 11.3 Å². The number of aromatic nitrogens is 1. The van der Waals surface area contributed by atoms with E-state index in [4.69, 9.17) is 10.9 Å². The Morgan fingerprint density at radius 3 is 3.25 bits per heavy atom. The maximum Gasteiger partial charge on any atom is 0.212 e. The summed E-state index contributed by atoms with van der Waals surface area (Å²) in [6.45, 7) is 0.531. The molecule has 1 aromatic heterocycles. The first-order valence-corrected chi connectivity index (χ1v) is 4.34. The van der Waals surface area contributed by atoms with Gasteiger partial charge in [-0.1, -0.05) is 0 Å². The molecule has 1 aromatic rings. The molecule has 6 heteroatoms. The summed E-state index contributed by atoms with van der Waals surface area (Å²) in [5.41, 5.74) is 9.70. The molecule has 0 aromatic carbocycles. The summed E-state index contributed by atoms with van der Waals surface area (Å²) in [5, 5.41) is 10.2. The predicted molar refractivity (Wildman–Crippen MR) is 47.2 cm³/mol. The zero-order valence-corrected chi connectivity index (χ0v) is 7.21. The molecule has 1 rings (SSSR count). The standard InChI is InChI=1S/C6H10N4OS/c7-6(10-11)8-2-1-5-3-12-4-9-5/h3-4,11H,1-2H2,(H3,7,8,10). The molecule has 66 valence electrons. The number of guanidine groups is 1. The molecule has 4 N–H and O–H groups in total. The van der Waals surface area contributed by atoms with Gasteiger partial charge in [0.25, 0.3) is 0 Å². The molecule has 5 nitrogen and oxygen atoms in total. The van der Waals surface area contributed by atoms with E-state index in [1.165, 1.54) is 0 Å². The highest BCUT2D eigenvalue weighted by Gasteiger charge is 1.93. The van der Waals surface area contributed by atoms with Crippen molar-refractivity contribution in [3.05, 3.63) is 16.6 Å². The molecule has 0 radical (unpaired) electrons. The van der Waals surface area contributed by atoms with Crippen molar-refractivity contribution in [3.8, 4) is 0 Å². The van der Waals surface area contributed by atoms with Gasteiger partial charge in [-0.05, 0) is 0 Å². The van der Waals surface area contributed by atoms with Crippen LogP contribution in [0, 0.1) is 0 Å². The fourth-order valence-electron chi connectivity index (χ4n) is 0.687. The van der Waals surface area contributed by atoms with E-state index in [0.29, 0.717) is 6.54 Å². The van der Waals surface area contributed by atoms with Crippen LogP contribution in [-0.4, -0.2) is 22.7 Å². The summed E-state index contributed by atoms with van der Waals surface area (Å²) in [7, 11) is 0. The van der Waals surface area contributed by atoms with Crippen molar-refractivity contribution in [3.63, 3.8) is 0 Å². The van der Waals surface area contributed by atoms with Gasteiger partial charge < -0.3 is 5.73 Å². The fraction of sp³-hybridized carbons (Fsp3) is 0.333. The number of nitrogens with two attached hydrogens (primary N) is 1. The van der Waals surface area contributed by atoms with Crippen molar-refractivity contribution in [2.75, 3.05) is 6.54 Å². The monoisotopic (exact) mass is 186 g/mol. The quantitative estimate of drug-likeness (QED) is 0.352. The van der Waals surface area contributed by atoms with Crippen LogP contribution in [0.3, 0.4) is 0 Å². The van der Waals surface area contributed by atoms with Crippen molar-refractivity contribution in [2.24, 2.45) is 10.7 Å². The third kappa shape index (κ3) is 2.85. The number of nitrogens with zero attached hydrogens (tertiary/aromatic N) is 2. The Bertz CT molecular complexity index is 246. The molecule has 0 bridgehead atoms. The van der Waals surface area contributed by atoms with E-state index in [9.17, 15) is 0 Å². The molecule has 0 atom stereocenters. The number of hydroxylamine groups is 1. The lowest BCUT2D eigenvalue weighted by atomic mass is 10.3. The van der Waals surface area contributed by atoms with Gasteiger partial charge in [0.1, 0.15) is 0 Å². The number of rotatable bonds is 3. The van der Waals surface area contributed by atoms with Crippen LogP contribution < -0.4 is 11.2 Å². The van der Waals surface area contributed by atoms with Crippen molar-refractivity contribution in [1.82, 2.24) is 10.5 Å². The molecule has 0 unspecified atom stereocenters. The summed E-state index contributed by atoms with van der Waals surface area (Å²) in [6.07, 6.45) is 0.742. The summed E-state index contributed by atoms with van der Waals surface area (Å²) < 4.78 is 0. The van der Waals surface area contributed by atoms with Crippen LogP contribution >= 0.6 is 11.3 Å². The molecule has 1 heterocycles. The number of hydrogen-bond acceptors (Lipinski definition) is 4. The Balaban J connectivity index is 2.28. The second-order valence-corrected chi connectivity index (χ2v) is 2.83. The predicted octanol–water partition coefficient (Wildman–Crippen LogP) is -0.0209. The molecule has 0 aliphatic rings. The van der Waals surface area contributed by atoms with Crippen LogP contribution in [0.4, 0.5) is 0 Å². The minimum atomic E-state index is 0.0326. The van der Waals surface area contributed by atoms with Crippen LogP contribution in [0.15, 0.2) is 15.9 Å². The third-order valence-corrected chi connectivity index (χ3v) is 1.88. The highest BCUT2D eigenvalue weighted by atomic mass is 32.1. The lowest BCUT2D eigenvalue weighted by Crippen LogP contribution is -2.28. The highest BCUT2D eigenvalue weighted by Crippen LogP contribution is 2.01. The van der Waals surface area contributed by atoms with E-state index >= 15 is 0 Å². The van der Waals surface area contributed by atoms with E-state index in [2.05, 4.69) is 9.98 Å². The number of nitrogens with one attached hydrogen (secondary N) is 1. The van der Waals surface area contributed by atoms with Gasteiger partial charge in [-0.25, -0.2) is 10.5 Å². The van der Waals surface area contributed by atoms with Crippen molar-refractivity contribution < 1.29 is 5.21 Å². The maximum atomic E-state index is 8.27. The van der Waals surface area contributed by atoms with Gasteiger partial charge in [0.2, 0.25) is 5.96 Å². The molecule has 0 spiro atoms. The zero-order valence-electron chi connectivity index (χ0n) is 6.40. The van der Waals surface area contributed by atoms with Crippen LogP contribution in [0.2, 0.25) is 0 Å². The van der Waals surface area contributed by atoms with Crippen molar-refractivity contribution in [1.29, 1.82) is 0 Å². The average Bonchev–Trinajstić information content (AvgIpc) is 2.57. The molecular formula is C6H10N4OS. The first-order valence-electron chi connectivity index (χ1n) is 3.40. The first-order chi connectivity index (χ1) is 5.83. The Morgan fingerprint density at radius 2 is 2.67 bits per heavy atom. The minimum Gasteiger partial charge on any atom is -0.368 e. The SMILES string of the molecule is NC(=NCCc1cscn1)NO. The second-order valence-electron chi connectivity index (χ2n) is 2.11. The van der Waals surface area contributed by atoms with Crippen molar-refractivity contribution in [2.45, 2.75) is 6.42 Å². The van der Waals surface area contributed by atoms with Gasteiger partial charge in [0.05, 0.1) is 11.2 Å². The normalized spacial score (nSPS) is 11.6. The minimum absolute atomic E-state index is 0.0326. The van der Waals surface area contributed by atoms with Crippen LogP contribution in [-0.2, 0) is 6.42 Å². The molecule has 0 saturated carbocycles. The van der Waals surface area contributed by atoms with E-state index in [1.807, 2.05) is 5.38 Å². The Morgan fingerprint density at radius 1 is 1.83 bits per heavy atom. The van der Waals surface area contributed by atoms with Crippen LogP contribution in [0.5, 0.6) is 0 Å². The van der Waals surface area contributed by atoms with Gasteiger partial charge in [0, 0.05) is 18.3 Å². The molecule has 0 amide bonds. The van der Waals surface area contributed by atoms with E-state index in [1.54, 1.807) is 22.3 Å². The maximum absolute atomic E-state index is 8.27. The van der Waals surface area contributed by atoms with Gasteiger partial charge in [-0.2, -0.15) is 0 Å². The second kappa shape index (κ2) is 4.68. The molecule has 0 aliphatic carbocycles. The zero-order chi connectivity index (χ0) is 8.81. The number of thiazole rings is 1. The summed E-state index contributed by atoms with van der Waals surface area (Å²) >= 11 is 1.55. The van der Waals surface area contributed by atoms with Crippen molar-refractivity contribution >= 4 is 17.3 Å². The van der Waals surface area contributed by atoms with Gasteiger partial charge in [0.15, 0.2) is 0 Å². The van der Waals surface area contributed by atoms with E-state index < -0.39 is 0 Å². The molecule has 12 heavy (non-hydrogen) atoms. The smallest absolute Gasteiger partial charge is 0.212 e. The molecule has 0 aliphatic heterocycles. The first kappa shape index (κ1) is 8.95. The lowest BCUT2D eigenvalue weighted by molar-refractivity contribution is 0.232. The highest BCUT2D eigenvalue weighted by molar-refractivity contribution is 7.07. The van der Waals surface area contributed by atoms with Gasteiger partial charge >= 0.3 is 0 Å². The molecular weight excluding hydrogens is 176 g/mol. The van der Waals surface area contributed by atoms with E-state index in [0.717, 1.165) is 12.1 Å². The lowest BCUT2D eigenvalue weighted by Gasteiger charge is -1.95. The number of aliphatic imine (C=N–C) groups is 1. The summed E-state index contributed by atoms with van der Waals surface area (Å²) in [6, 6.07) is 0. The largest absolute Gasteiger partial charge is 0.368 e. The topological polar surface area (TPSA) is 83.5 Å². The van der Waals surface area contributed by atoms with Crippen LogP contribution in [0.25, 0.3) is 0 Å². The van der Waals surface area contributed by atoms with Gasteiger partial charge in [-0.3, -0.25) is 10.2 Å². The summed E-state index contributed by atoms with van der Waals surface area (Å²) in [5.74, 6) is 0.0326. The molecule has 0 fully saturated rings. The Labute approximate surface area is 73.9 Å². The average molecular weight is 186 g/mol. The number of hydrogen-bond donors (Lipinski definition) is 3. The Kier molecular flexibility index (Phi) is 3.49. The summed E-state index contributed by atoms with van der Waals surface area (Å²) in [4.78, 5) is 7.88. The third-order valence-electron chi connectivity index (χ3n) is 1.25. The van der Waals surface area contributed by atoms with E-state index in [-0.39, 0.29) is 5.96 Å². The molecule has 0 saturated heterocycles. The van der Waals surface area contributed by atoms with Crippen LogP contribution in [0.1, 0.15) is 5.69 Å².